The van der Waals surface area contributed by atoms with Crippen LogP contribution in [0.2, 0.25) is 5.02 Å². The normalized spacial score (nSPS) is 15.8. The van der Waals surface area contributed by atoms with E-state index in [1.165, 1.54) is 33.4 Å². The Bertz CT molecular complexity index is 1380. The second kappa shape index (κ2) is 6.03. The molecule has 1 heterocycles. The van der Waals surface area contributed by atoms with Crippen molar-refractivity contribution in [3.8, 4) is 22.6 Å². The van der Waals surface area contributed by atoms with Crippen molar-refractivity contribution < 1.29 is 4.74 Å². The number of ether oxygens (including phenoxy) is 1. The molecule has 31 heavy (non-hydrogen) atoms. The molecule has 0 aromatic heterocycles. The third-order valence-electron chi connectivity index (χ3n) is 6.91. The van der Waals surface area contributed by atoms with Crippen LogP contribution in [0.3, 0.4) is 0 Å². The predicted octanol–water partition coefficient (Wildman–Crippen LogP) is 7.37. The van der Waals surface area contributed by atoms with Gasteiger partial charge in [-0.2, -0.15) is 0 Å². The number of hydrogen-bond acceptors (Lipinski definition) is 1. The first kappa shape index (κ1) is 17.2. The average Bonchev–Trinajstić information content (AvgIpc) is 3.10. The van der Waals surface area contributed by atoms with Crippen LogP contribution in [0.5, 0.6) is 11.5 Å². The summed E-state index contributed by atoms with van der Waals surface area (Å²) in [4.78, 5) is 0. The highest BCUT2D eigenvalue weighted by Gasteiger charge is 2.52. The van der Waals surface area contributed by atoms with Gasteiger partial charge in [0.2, 0.25) is 0 Å². The van der Waals surface area contributed by atoms with Gasteiger partial charge in [0, 0.05) is 10.6 Å². The van der Waals surface area contributed by atoms with Gasteiger partial charge in [0.1, 0.15) is 11.5 Å². The molecule has 1 atom stereocenters. The highest BCUT2D eigenvalue weighted by molar-refractivity contribution is 6.31. The van der Waals surface area contributed by atoms with Crippen molar-refractivity contribution in [3.63, 3.8) is 0 Å². The summed E-state index contributed by atoms with van der Waals surface area (Å²) in [5.74, 6) is 1.72. The Morgan fingerprint density at radius 2 is 1.81 bits per heavy atom. The Balaban J connectivity index is 1.71. The maximum Gasteiger partial charge on any atom is 0.141 e. The Kier molecular flexibility index (Phi) is 3.36. The van der Waals surface area contributed by atoms with Crippen LogP contribution in [0.1, 0.15) is 39.8 Å². The fourth-order valence-corrected chi connectivity index (χ4v) is 5.90. The lowest BCUT2D eigenvalue weighted by Crippen LogP contribution is -2.32. The Morgan fingerprint density at radius 3 is 2.77 bits per heavy atom. The molecule has 7 rings (SSSR count). The number of halogens is 1. The van der Waals surface area contributed by atoms with Gasteiger partial charge in [0.15, 0.2) is 0 Å². The van der Waals surface area contributed by atoms with Gasteiger partial charge in [0.25, 0.3) is 0 Å². The molecular weight excluding hydrogens is 400 g/mol. The minimum atomic E-state index is -0.502. The van der Waals surface area contributed by atoms with Crippen LogP contribution < -0.4 is 4.74 Å². The maximum absolute atomic E-state index is 6.54. The molecule has 1 nitrogen and oxygen atoms in total. The summed E-state index contributed by atoms with van der Waals surface area (Å²) in [6, 6.07) is 29.8. The number of para-hydroxylation sites is 1. The summed E-state index contributed by atoms with van der Waals surface area (Å²) < 4.78 is 6.34. The summed E-state index contributed by atoms with van der Waals surface area (Å²) in [5, 5.41) is 0.753. The molecule has 0 N–H and O–H groups in total. The minimum absolute atomic E-state index is 0.502. The monoisotopic (exact) mass is 416 g/mol. The van der Waals surface area contributed by atoms with Crippen molar-refractivity contribution in [2.24, 2.45) is 0 Å². The molecule has 0 bridgehead atoms. The Hall–Kier alpha value is -3.47. The van der Waals surface area contributed by atoms with E-state index in [2.05, 4.69) is 66.7 Å². The molecule has 3 aliphatic rings. The molecule has 4 aromatic rings. The van der Waals surface area contributed by atoms with E-state index in [-0.39, 0.29) is 0 Å². The topological polar surface area (TPSA) is 9.23 Å². The lowest BCUT2D eigenvalue weighted by atomic mass is 9.66. The van der Waals surface area contributed by atoms with Gasteiger partial charge >= 0.3 is 0 Å². The van der Waals surface area contributed by atoms with Crippen molar-refractivity contribution >= 4 is 17.7 Å². The number of benzene rings is 3. The molecule has 0 amide bonds. The predicted molar refractivity (Wildman–Crippen MR) is 124 cm³/mol. The highest BCUT2D eigenvalue weighted by atomic mass is 35.5. The first-order valence-corrected chi connectivity index (χ1v) is 11.0. The summed E-state index contributed by atoms with van der Waals surface area (Å²) in [7, 11) is 0. The number of rotatable bonds is 0. The molecule has 1 aliphatic heterocycles. The van der Waals surface area contributed by atoms with Gasteiger partial charge in [-0.3, -0.25) is 0 Å². The van der Waals surface area contributed by atoms with Crippen molar-refractivity contribution in [1.29, 1.82) is 0 Å². The molecular formula is C29H17ClO. The third kappa shape index (κ3) is 2.08. The average molecular weight is 417 g/mol. The van der Waals surface area contributed by atoms with Crippen molar-refractivity contribution in [2.75, 3.05) is 0 Å². The van der Waals surface area contributed by atoms with Crippen LogP contribution in [0.4, 0.5) is 0 Å². The zero-order chi connectivity index (χ0) is 20.6. The van der Waals surface area contributed by atoms with E-state index >= 15 is 0 Å². The SMILES string of the molecule is Clc1ccc2c(c1)-c1c(ccc3c1C=CCC3)C21c2c#cccc2Oc2ccccc21. The summed E-state index contributed by atoms with van der Waals surface area (Å²) >= 11 is 6.54. The zero-order valence-electron chi connectivity index (χ0n) is 16.7. The first-order chi connectivity index (χ1) is 15.3. The van der Waals surface area contributed by atoms with Crippen LogP contribution >= 0.6 is 11.6 Å². The highest BCUT2D eigenvalue weighted by Crippen LogP contribution is 2.62. The quantitative estimate of drug-likeness (QED) is 0.251. The van der Waals surface area contributed by atoms with Crippen LogP contribution in [0, 0.1) is 12.1 Å². The van der Waals surface area contributed by atoms with E-state index in [1.54, 1.807) is 0 Å². The number of allylic oxidation sites excluding steroid dienone is 1. The molecule has 0 radical (unpaired) electrons. The molecule has 2 heteroatoms. The second-order valence-corrected chi connectivity index (χ2v) is 8.82. The smallest absolute Gasteiger partial charge is 0.141 e. The van der Waals surface area contributed by atoms with Crippen molar-refractivity contribution in [3.05, 3.63) is 123 Å². The zero-order valence-corrected chi connectivity index (χ0v) is 17.5. The Morgan fingerprint density at radius 1 is 0.903 bits per heavy atom. The van der Waals surface area contributed by atoms with E-state index in [0.717, 1.165) is 40.5 Å². The lowest BCUT2D eigenvalue weighted by Gasteiger charge is -2.38. The lowest BCUT2D eigenvalue weighted by molar-refractivity contribution is 0.436. The molecule has 1 spiro atoms. The van der Waals surface area contributed by atoms with Gasteiger partial charge in [-0.15, -0.1) is 0 Å². The largest absolute Gasteiger partial charge is 0.456 e. The van der Waals surface area contributed by atoms with E-state index in [9.17, 15) is 0 Å². The van der Waals surface area contributed by atoms with Gasteiger partial charge in [-0.05, 0) is 76.6 Å². The fourth-order valence-electron chi connectivity index (χ4n) is 5.73. The summed E-state index contributed by atoms with van der Waals surface area (Å²) in [6.07, 6.45) is 6.72. The van der Waals surface area contributed by atoms with E-state index < -0.39 is 5.41 Å². The van der Waals surface area contributed by atoms with Gasteiger partial charge in [-0.25, -0.2) is 0 Å². The second-order valence-electron chi connectivity index (χ2n) is 8.38. The summed E-state index contributed by atoms with van der Waals surface area (Å²) in [5.41, 5.74) is 9.34. The van der Waals surface area contributed by atoms with Crippen molar-refractivity contribution in [1.82, 2.24) is 0 Å². The van der Waals surface area contributed by atoms with E-state index in [0.29, 0.717) is 0 Å². The van der Waals surface area contributed by atoms with E-state index in [1.807, 2.05) is 24.3 Å². The molecule has 4 aromatic carbocycles. The number of aryl methyl sites for hydroxylation is 1. The van der Waals surface area contributed by atoms with E-state index in [4.69, 9.17) is 16.3 Å². The molecule has 2 aliphatic carbocycles. The fraction of sp³-hybridized carbons (Fsp3) is 0.103. The van der Waals surface area contributed by atoms with Crippen LogP contribution in [0.25, 0.3) is 17.2 Å². The first-order valence-electron chi connectivity index (χ1n) is 10.6. The Labute approximate surface area is 186 Å². The summed E-state index contributed by atoms with van der Waals surface area (Å²) in [6.45, 7) is 0. The molecule has 0 fully saturated rings. The number of fused-ring (bicyclic) bond motifs is 11. The van der Waals surface area contributed by atoms with Gasteiger partial charge in [0.05, 0.1) is 11.0 Å². The molecule has 1 unspecified atom stereocenters. The third-order valence-corrected chi connectivity index (χ3v) is 7.14. The van der Waals surface area contributed by atoms with Crippen LogP contribution in [-0.2, 0) is 11.8 Å². The van der Waals surface area contributed by atoms with Gasteiger partial charge < -0.3 is 4.74 Å². The maximum atomic E-state index is 6.54. The standard InChI is InChI=1S/C29H17ClO/c30-19-14-16-22-21(17-19)28-20-8-2-1-7-18(20)13-15-25(28)29(22)23-9-3-5-11-26(23)31-27-12-6-4-10-24(27)29/h2-3,5-6,8-9,11-17H,1,7H2. The van der Waals surface area contributed by atoms with Crippen LogP contribution in [-0.4, -0.2) is 0 Å². The van der Waals surface area contributed by atoms with Gasteiger partial charge in [-0.1, -0.05) is 72.3 Å². The number of hydrogen-bond donors (Lipinski definition) is 0. The van der Waals surface area contributed by atoms with Crippen molar-refractivity contribution in [2.45, 2.75) is 18.3 Å². The molecule has 0 saturated carbocycles. The minimum Gasteiger partial charge on any atom is -0.456 e. The molecule has 0 saturated heterocycles. The molecule has 146 valence electrons. The van der Waals surface area contributed by atoms with Crippen LogP contribution in [0.15, 0.2) is 72.8 Å².